The second kappa shape index (κ2) is 7.13. The molecular formula is C13H17BrN2O3. The summed E-state index contributed by atoms with van der Waals surface area (Å²) in [7, 11) is 1.52. The first kappa shape index (κ1) is 15.5. The third-order valence-corrected chi connectivity index (χ3v) is 2.98. The maximum Gasteiger partial charge on any atom is 0.257 e. The zero-order valence-corrected chi connectivity index (χ0v) is 12.5. The molecular weight excluding hydrogens is 312 g/mol. The lowest BCUT2D eigenvalue weighted by molar-refractivity contribution is -0.121. The van der Waals surface area contributed by atoms with Gasteiger partial charge >= 0.3 is 0 Å². The van der Waals surface area contributed by atoms with Crippen LogP contribution in [0.15, 0.2) is 22.7 Å². The molecule has 0 fully saturated rings. The molecule has 0 spiro atoms. The van der Waals surface area contributed by atoms with Gasteiger partial charge in [0.25, 0.3) is 5.91 Å². The minimum Gasteiger partial charge on any atom is -0.507 e. The number of carbonyl (C=O) groups is 2. The van der Waals surface area contributed by atoms with E-state index in [0.717, 1.165) is 6.42 Å². The average molecular weight is 329 g/mol. The Morgan fingerprint density at radius 2 is 2.11 bits per heavy atom. The van der Waals surface area contributed by atoms with Crippen molar-refractivity contribution < 1.29 is 14.7 Å². The first-order chi connectivity index (χ1) is 8.95. The molecule has 1 aromatic carbocycles. The second-order valence-corrected chi connectivity index (χ2v) is 5.09. The predicted molar refractivity (Wildman–Crippen MR) is 76.1 cm³/mol. The maximum absolute atomic E-state index is 12.1. The normalized spacial score (nSPS) is 10.1. The van der Waals surface area contributed by atoms with E-state index in [4.69, 9.17) is 0 Å². The molecule has 0 aromatic heterocycles. The van der Waals surface area contributed by atoms with Crippen LogP contribution in [0.2, 0.25) is 0 Å². The fourth-order valence-electron chi connectivity index (χ4n) is 1.50. The van der Waals surface area contributed by atoms with E-state index in [9.17, 15) is 14.7 Å². The quantitative estimate of drug-likeness (QED) is 0.865. The molecule has 0 saturated carbocycles. The van der Waals surface area contributed by atoms with Crippen LogP contribution in [0.25, 0.3) is 0 Å². The van der Waals surface area contributed by atoms with Gasteiger partial charge in [0.05, 0.1) is 12.1 Å². The number of benzene rings is 1. The van der Waals surface area contributed by atoms with Gasteiger partial charge in [-0.1, -0.05) is 22.9 Å². The lowest BCUT2D eigenvalue weighted by Crippen LogP contribution is -2.38. The van der Waals surface area contributed by atoms with E-state index in [1.807, 2.05) is 6.92 Å². The minimum absolute atomic E-state index is 0.0334. The fraction of sp³-hybridized carbons (Fsp3) is 0.385. The monoisotopic (exact) mass is 328 g/mol. The Morgan fingerprint density at radius 3 is 2.68 bits per heavy atom. The molecule has 2 amide bonds. The van der Waals surface area contributed by atoms with E-state index in [0.29, 0.717) is 11.0 Å². The Hall–Kier alpha value is -1.56. The van der Waals surface area contributed by atoms with E-state index in [1.165, 1.54) is 24.1 Å². The molecule has 0 bridgehead atoms. The van der Waals surface area contributed by atoms with Gasteiger partial charge < -0.3 is 15.3 Å². The van der Waals surface area contributed by atoms with Crippen molar-refractivity contribution in [3.8, 4) is 5.75 Å². The van der Waals surface area contributed by atoms with Crippen LogP contribution < -0.4 is 5.32 Å². The van der Waals surface area contributed by atoms with Crippen molar-refractivity contribution in [1.29, 1.82) is 0 Å². The summed E-state index contributed by atoms with van der Waals surface area (Å²) in [4.78, 5) is 24.8. The second-order valence-electron chi connectivity index (χ2n) is 4.17. The van der Waals surface area contributed by atoms with Gasteiger partial charge in [-0.05, 0) is 24.6 Å². The van der Waals surface area contributed by atoms with Crippen LogP contribution >= 0.6 is 15.9 Å². The number of halogens is 1. The van der Waals surface area contributed by atoms with Crippen molar-refractivity contribution in [1.82, 2.24) is 10.2 Å². The number of carbonyl (C=O) groups excluding carboxylic acids is 2. The number of rotatable bonds is 5. The van der Waals surface area contributed by atoms with Crippen LogP contribution in [0.5, 0.6) is 5.75 Å². The smallest absolute Gasteiger partial charge is 0.257 e. The molecule has 0 heterocycles. The Morgan fingerprint density at radius 1 is 1.42 bits per heavy atom. The number of nitrogens with zero attached hydrogens (tertiary/aromatic N) is 1. The molecule has 0 aliphatic heterocycles. The van der Waals surface area contributed by atoms with Crippen molar-refractivity contribution in [2.24, 2.45) is 0 Å². The van der Waals surface area contributed by atoms with Crippen LogP contribution in [0.3, 0.4) is 0 Å². The highest BCUT2D eigenvalue weighted by Gasteiger charge is 2.17. The van der Waals surface area contributed by atoms with Gasteiger partial charge in [-0.2, -0.15) is 0 Å². The zero-order valence-electron chi connectivity index (χ0n) is 10.9. The summed E-state index contributed by atoms with van der Waals surface area (Å²) >= 11 is 3.20. The molecule has 2 N–H and O–H groups in total. The largest absolute Gasteiger partial charge is 0.507 e. The van der Waals surface area contributed by atoms with Crippen LogP contribution in [-0.2, 0) is 4.79 Å². The average Bonchev–Trinajstić information content (AvgIpc) is 2.35. The first-order valence-electron chi connectivity index (χ1n) is 5.96. The highest BCUT2D eigenvalue weighted by Crippen LogP contribution is 2.23. The third-order valence-electron chi connectivity index (χ3n) is 2.49. The van der Waals surface area contributed by atoms with E-state index < -0.39 is 5.91 Å². The molecule has 5 nitrogen and oxygen atoms in total. The number of hydrogen-bond donors (Lipinski definition) is 2. The van der Waals surface area contributed by atoms with Crippen molar-refractivity contribution >= 4 is 27.7 Å². The van der Waals surface area contributed by atoms with Gasteiger partial charge in [-0.3, -0.25) is 9.59 Å². The number of phenolic OH excluding ortho intramolecular Hbond substituents is 1. The standard InChI is InChI=1S/C13H17BrN2O3/c1-3-6-15-12(18)8-16(2)13(19)10-5-4-9(14)7-11(10)17/h4-5,7,17H,3,6,8H2,1-2H3,(H,15,18). The van der Waals surface area contributed by atoms with Gasteiger partial charge in [0.15, 0.2) is 0 Å². The van der Waals surface area contributed by atoms with Crippen LogP contribution in [0.4, 0.5) is 0 Å². The van der Waals surface area contributed by atoms with E-state index in [-0.39, 0.29) is 23.8 Å². The lowest BCUT2D eigenvalue weighted by atomic mass is 10.2. The molecule has 0 aliphatic carbocycles. The molecule has 1 aromatic rings. The molecule has 1 rings (SSSR count). The molecule has 6 heteroatoms. The van der Waals surface area contributed by atoms with Gasteiger partial charge in [-0.25, -0.2) is 0 Å². The molecule has 0 unspecified atom stereocenters. The van der Waals surface area contributed by atoms with E-state index in [2.05, 4.69) is 21.2 Å². The molecule has 0 aliphatic rings. The summed E-state index contributed by atoms with van der Waals surface area (Å²) in [5.41, 5.74) is 0.175. The van der Waals surface area contributed by atoms with E-state index in [1.54, 1.807) is 6.07 Å². The number of nitrogens with one attached hydrogen (secondary N) is 1. The summed E-state index contributed by atoms with van der Waals surface area (Å²) in [6.45, 7) is 2.51. The molecule has 104 valence electrons. The molecule has 0 saturated heterocycles. The number of hydrogen-bond acceptors (Lipinski definition) is 3. The van der Waals surface area contributed by atoms with Crippen molar-refractivity contribution in [2.45, 2.75) is 13.3 Å². The van der Waals surface area contributed by atoms with Gasteiger partial charge in [0.2, 0.25) is 5.91 Å². The highest BCUT2D eigenvalue weighted by atomic mass is 79.9. The molecule has 0 radical (unpaired) electrons. The third kappa shape index (κ3) is 4.55. The molecule has 0 atom stereocenters. The van der Waals surface area contributed by atoms with Crippen LogP contribution in [0, 0.1) is 0 Å². The van der Waals surface area contributed by atoms with Crippen LogP contribution in [-0.4, -0.2) is 42.0 Å². The Labute approximate surface area is 120 Å². The first-order valence-corrected chi connectivity index (χ1v) is 6.75. The molecule has 19 heavy (non-hydrogen) atoms. The van der Waals surface area contributed by atoms with Gasteiger partial charge in [0.1, 0.15) is 5.75 Å². The van der Waals surface area contributed by atoms with Gasteiger partial charge in [0, 0.05) is 18.1 Å². The van der Waals surface area contributed by atoms with Crippen molar-refractivity contribution in [3.63, 3.8) is 0 Å². The lowest BCUT2D eigenvalue weighted by Gasteiger charge is -2.17. The number of likely N-dealkylation sites (N-methyl/N-ethyl adjacent to an activating group) is 1. The van der Waals surface area contributed by atoms with Crippen molar-refractivity contribution in [2.75, 3.05) is 20.1 Å². The Kier molecular flexibility index (Phi) is 5.82. The summed E-state index contributed by atoms with van der Waals surface area (Å²) in [5.74, 6) is -0.717. The number of phenols is 1. The SMILES string of the molecule is CCCNC(=O)CN(C)C(=O)c1ccc(Br)cc1O. The number of amides is 2. The maximum atomic E-state index is 12.1. The summed E-state index contributed by atoms with van der Waals surface area (Å²) in [6.07, 6.45) is 0.844. The van der Waals surface area contributed by atoms with Crippen LogP contribution in [0.1, 0.15) is 23.7 Å². The number of aromatic hydroxyl groups is 1. The topological polar surface area (TPSA) is 69.6 Å². The Balaban J connectivity index is 2.69. The zero-order chi connectivity index (χ0) is 14.4. The Bertz CT molecular complexity index is 477. The summed E-state index contributed by atoms with van der Waals surface area (Å²) in [6, 6.07) is 4.62. The highest BCUT2D eigenvalue weighted by molar-refractivity contribution is 9.10. The summed E-state index contributed by atoms with van der Waals surface area (Å²) in [5, 5.41) is 12.4. The van der Waals surface area contributed by atoms with Crippen molar-refractivity contribution in [3.05, 3.63) is 28.2 Å². The summed E-state index contributed by atoms with van der Waals surface area (Å²) < 4.78 is 0.685. The van der Waals surface area contributed by atoms with E-state index >= 15 is 0 Å². The van der Waals surface area contributed by atoms with Gasteiger partial charge in [-0.15, -0.1) is 0 Å². The fourth-order valence-corrected chi connectivity index (χ4v) is 1.85. The predicted octanol–water partition coefficient (Wildman–Crippen LogP) is 1.75. The minimum atomic E-state index is -0.392.